The zero-order valence-electron chi connectivity index (χ0n) is 14.6. The number of ether oxygens (including phenoxy) is 1. The van der Waals surface area contributed by atoms with Gasteiger partial charge in [0.05, 0.1) is 17.5 Å². The Hall–Kier alpha value is -2.08. The van der Waals surface area contributed by atoms with E-state index in [1.165, 1.54) is 30.2 Å². The van der Waals surface area contributed by atoms with Crippen molar-refractivity contribution in [3.63, 3.8) is 0 Å². The second-order valence-corrected chi connectivity index (χ2v) is 7.96. The van der Waals surface area contributed by atoms with Crippen molar-refractivity contribution in [2.45, 2.75) is 55.5 Å². The van der Waals surface area contributed by atoms with Crippen LogP contribution in [0.1, 0.15) is 38.5 Å². The molecule has 2 aromatic rings. The van der Waals surface area contributed by atoms with Gasteiger partial charge in [-0.05, 0) is 44.2 Å². The number of benzene rings is 1. The van der Waals surface area contributed by atoms with Crippen LogP contribution < -0.4 is 5.56 Å². The number of aromatic nitrogens is 2. The van der Waals surface area contributed by atoms with E-state index in [1.54, 1.807) is 4.57 Å². The molecule has 0 unspecified atom stereocenters. The molecule has 1 aromatic carbocycles. The smallest absolute Gasteiger partial charge is 0.319 e. The van der Waals surface area contributed by atoms with Gasteiger partial charge in [0, 0.05) is 13.0 Å². The van der Waals surface area contributed by atoms with E-state index in [-0.39, 0.29) is 16.8 Å². The van der Waals surface area contributed by atoms with Crippen molar-refractivity contribution >= 4 is 28.6 Å². The molecule has 1 aliphatic heterocycles. The maximum atomic E-state index is 13.1. The summed E-state index contributed by atoms with van der Waals surface area (Å²) in [6, 6.07) is 7.41. The first kappa shape index (κ1) is 17.3. The molecule has 1 fully saturated rings. The summed E-state index contributed by atoms with van der Waals surface area (Å²) in [6.07, 6.45) is 8.57. The monoisotopic (exact) mass is 370 g/mol. The fourth-order valence-electron chi connectivity index (χ4n) is 3.53. The summed E-state index contributed by atoms with van der Waals surface area (Å²) in [5.74, 6) is -0.209. The van der Waals surface area contributed by atoms with Crippen LogP contribution in [0, 0.1) is 0 Å². The van der Waals surface area contributed by atoms with Crippen molar-refractivity contribution < 1.29 is 9.53 Å². The Morgan fingerprint density at radius 1 is 1.23 bits per heavy atom. The second-order valence-electron chi connectivity index (χ2n) is 6.79. The zero-order valence-corrected chi connectivity index (χ0v) is 15.5. The lowest BCUT2D eigenvalue weighted by atomic mass is 9.97. The second kappa shape index (κ2) is 7.66. The molecule has 0 spiro atoms. The highest BCUT2D eigenvalue weighted by molar-refractivity contribution is 8.00. The van der Waals surface area contributed by atoms with Crippen molar-refractivity contribution in [3.8, 4) is 0 Å². The van der Waals surface area contributed by atoms with Gasteiger partial charge in [0.1, 0.15) is 5.25 Å². The molecule has 0 bridgehead atoms. The van der Waals surface area contributed by atoms with Gasteiger partial charge in [0.2, 0.25) is 0 Å². The van der Waals surface area contributed by atoms with Gasteiger partial charge in [0.25, 0.3) is 5.56 Å². The molecule has 4 rings (SSSR count). The standard InChI is InChI=1S/C20H22N2O3S/c23-18-15-8-4-5-9-16(15)21-20(26-17-11-13-25-19(17)24)22(18)12-10-14-6-2-1-3-7-14/h4-6,8-9,17H,1-3,7,10-13H2/t17-/m1/s1. The van der Waals surface area contributed by atoms with Gasteiger partial charge in [-0.25, -0.2) is 4.98 Å². The molecule has 2 heterocycles. The van der Waals surface area contributed by atoms with Crippen molar-refractivity contribution in [3.05, 3.63) is 46.3 Å². The number of cyclic esters (lactones) is 1. The van der Waals surface area contributed by atoms with Crippen molar-refractivity contribution in [1.82, 2.24) is 9.55 Å². The Kier molecular flexibility index (Phi) is 5.11. The third kappa shape index (κ3) is 3.56. The van der Waals surface area contributed by atoms with E-state index < -0.39 is 0 Å². The van der Waals surface area contributed by atoms with Gasteiger partial charge in [-0.1, -0.05) is 35.5 Å². The first-order valence-corrected chi connectivity index (χ1v) is 10.1. The predicted molar refractivity (Wildman–Crippen MR) is 102 cm³/mol. The minimum atomic E-state index is -0.275. The molecule has 0 radical (unpaired) electrons. The van der Waals surface area contributed by atoms with Gasteiger partial charge in [-0.3, -0.25) is 14.2 Å². The Morgan fingerprint density at radius 3 is 2.88 bits per heavy atom. The number of rotatable bonds is 5. The molecular weight excluding hydrogens is 348 g/mol. The van der Waals surface area contributed by atoms with Gasteiger partial charge in [0.15, 0.2) is 5.16 Å². The molecule has 5 nitrogen and oxygen atoms in total. The highest BCUT2D eigenvalue weighted by Gasteiger charge is 2.29. The van der Waals surface area contributed by atoms with E-state index in [9.17, 15) is 9.59 Å². The van der Waals surface area contributed by atoms with E-state index in [0.29, 0.717) is 35.6 Å². The van der Waals surface area contributed by atoms with E-state index in [4.69, 9.17) is 9.72 Å². The molecule has 2 aliphatic rings. The minimum Gasteiger partial charge on any atom is -0.465 e. The predicted octanol–water partition coefficient (Wildman–Crippen LogP) is 3.69. The summed E-state index contributed by atoms with van der Waals surface area (Å²) in [5.41, 5.74) is 2.08. The summed E-state index contributed by atoms with van der Waals surface area (Å²) in [4.78, 5) is 29.6. The van der Waals surface area contributed by atoms with Crippen LogP contribution in [0.4, 0.5) is 0 Å². The van der Waals surface area contributed by atoms with Gasteiger partial charge >= 0.3 is 5.97 Å². The molecule has 1 saturated heterocycles. The van der Waals surface area contributed by atoms with E-state index in [1.807, 2.05) is 24.3 Å². The lowest BCUT2D eigenvalue weighted by molar-refractivity contribution is -0.137. The van der Waals surface area contributed by atoms with E-state index >= 15 is 0 Å². The molecule has 6 heteroatoms. The van der Waals surface area contributed by atoms with Crippen LogP contribution in [-0.4, -0.2) is 27.4 Å². The Morgan fingerprint density at radius 2 is 2.12 bits per heavy atom. The van der Waals surface area contributed by atoms with Crippen molar-refractivity contribution in [2.24, 2.45) is 0 Å². The third-order valence-corrected chi connectivity index (χ3v) is 6.24. The third-order valence-electron chi connectivity index (χ3n) is 5.00. The maximum Gasteiger partial charge on any atom is 0.319 e. The van der Waals surface area contributed by atoms with Crippen LogP contribution in [-0.2, 0) is 16.1 Å². The summed E-state index contributed by atoms with van der Waals surface area (Å²) < 4.78 is 6.81. The molecule has 136 valence electrons. The molecule has 26 heavy (non-hydrogen) atoms. The molecule has 0 amide bonds. The highest BCUT2D eigenvalue weighted by atomic mass is 32.2. The summed E-state index contributed by atoms with van der Waals surface area (Å²) in [7, 11) is 0. The Bertz CT molecular complexity index is 919. The summed E-state index contributed by atoms with van der Waals surface area (Å²) >= 11 is 1.36. The van der Waals surface area contributed by atoms with E-state index in [0.717, 1.165) is 19.3 Å². The van der Waals surface area contributed by atoms with Crippen LogP contribution in [0.25, 0.3) is 10.9 Å². The topological polar surface area (TPSA) is 61.2 Å². The van der Waals surface area contributed by atoms with Crippen LogP contribution in [0.2, 0.25) is 0 Å². The quantitative estimate of drug-likeness (QED) is 0.456. The van der Waals surface area contributed by atoms with Crippen LogP contribution in [0.3, 0.4) is 0 Å². The first-order valence-electron chi connectivity index (χ1n) is 9.23. The molecular formula is C20H22N2O3S. The van der Waals surface area contributed by atoms with Gasteiger partial charge in [-0.15, -0.1) is 0 Å². The molecule has 1 aliphatic carbocycles. The lowest BCUT2D eigenvalue weighted by Gasteiger charge is -2.17. The fraction of sp³-hybridized carbons (Fsp3) is 0.450. The van der Waals surface area contributed by atoms with Crippen molar-refractivity contribution in [1.29, 1.82) is 0 Å². The van der Waals surface area contributed by atoms with Gasteiger partial charge in [-0.2, -0.15) is 0 Å². The average Bonchev–Trinajstić information content (AvgIpc) is 3.07. The number of fused-ring (bicyclic) bond motifs is 1. The number of nitrogens with zero attached hydrogens (tertiary/aromatic N) is 2. The number of carbonyl (C=O) groups excluding carboxylic acids is 1. The number of allylic oxidation sites excluding steroid dienone is 2. The summed E-state index contributed by atoms with van der Waals surface area (Å²) in [5, 5.41) is 0.973. The fourth-order valence-corrected chi connectivity index (χ4v) is 4.62. The number of thioether (sulfide) groups is 1. The number of carbonyl (C=O) groups is 1. The SMILES string of the molecule is O=C1OCC[C@H]1Sc1nc2ccccc2c(=O)n1CCC1=CCCCC1. The molecule has 0 saturated carbocycles. The number of para-hydroxylation sites is 1. The average molecular weight is 370 g/mol. The normalized spacial score (nSPS) is 20.2. The number of hydrogen-bond donors (Lipinski definition) is 0. The minimum absolute atomic E-state index is 0.0270. The lowest BCUT2D eigenvalue weighted by Crippen LogP contribution is -2.25. The van der Waals surface area contributed by atoms with Crippen LogP contribution in [0.5, 0.6) is 0 Å². The highest BCUT2D eigenvalue weighted by Crippen LogP contribution is 2.29. The number of hydrogen-bond acceptors (Lipinski definition) is 5. The van der Waals surface area contributed by atoms with Crippen molar-refractivity contribution in [2.75, 3.05) is 6.61 Å². The van der Waals surface area contributed by atoms with Gasteiger partial charge < -0.3 is 4.74 Å². The maximum absolute atomic E-state index is 13.1. The zero-order chi connectivity index (χ0) is 17.9. The van der Waals surface area contributed by atoms with E-state index in [2.05, 4.69) is 6.08 Å². The Balaban J connectivity index is 1.68. The molecule has 1 aromatic heterocycles. The first-order chi connectivity index (χ1) is 12.7. The Labute approximate surface area is 156 Å². The summed E-state index contributed by atoms with van der Waals surface area (Å²) in [6.45, 7) is 1.05. The number of esters is 1. The van der Waals surface area contributed by atoms with Crippen LogP contribution >= 0.6 is 11.8 Å². The molecule has 0 N–H and O–H groups in total. The largest absolute Gasteiger partial charge is 0.465 e. The van der Waals surface area contributed by atoms with Crippen LogP contribution in [0.15, 0.2) is 45.9 Å². The molecule has 1 atom stereocenters.